The molecule has 0 atom stereocenters. The molecule has 0 radical (unpaired) electrons. The van der Waals surface area contributed by atoms with Crippen molar-refractivity contribution in [2.24, 2.45) is 0 Å². The van der Waals surface area contributed by atoms with E-state index < -0.39 is 11.7 Å². The van der Waals surface area contributed by atoms with Gasteiger partial charge in [-0.2, -0.15) is 13.2 Å². The summed E-state index contributed by atoms with van der Waals surface area (Å²) in [7, 11) is 0. The Morgan fingerprint density at radius 1 is 1.19 bits per heavy atom. The number of rotatable bonds is 0. The number of anilines is 1. The number of halogens is 3. The maximum Gasteiger partial charge on any atom is 0.418 e. The summed E-state index contributed by atoms with van der Waals surface area (Å²) in [6.07, 6.45) is -4.41. The molecule has 2 rings (SSSR count). The highest BCUT2D eigenvalue weighted by Gasteiger charge is 2.33. The maximum atomic E-state index is 12.6. The highest BCUT2D eigenvalue weighted by molar-refractivity contribution is 5.88. The summed E-state index contributed by atoms with van der Waals surface area (Å²) in [6.45, 7) is 3.67. The first-order chi connectivity index (χ1) is 7.30. The van der Waals surface area contributed by atoms with Gasteiger partial charge >= 0.3 is 6.18 Å². The summed E-state index contributed by atoms with van der Waals surface area (Å²) < 4.78 is 37.8. The number of fused-ring (bicyclic) bond motifs is 1. The number of H-pyrrole nitrogens is 1. The molecule has 1 heterocycles. The predicted octanol–water partition coefficient (Wildman–Crippen LogP) is 3.39. The van der Waals surface area contributed by atoms with Crippen LogP contribution in [-0.4, -0.2) is 4.98 Å². The summed E-state index contributed by atoms with van der Waals surface area (Å²) >= 11 is 0. The largest absolute Gasteiger partial charge is 0.418 e. The van der Waals surface area contributed by atoms with Crippen molar-refractivity contribution >= 4 is 16.6 Å². The number of benzene rings is 1. The number of nitrogens with two attached hydrogens (primary N) is 1. The summed E-state index contributed by atoms with van der Waals surface area (Å²) in [5.74, 6) is 0. The molecule has 2 aromatic rings. The Morgan fingerprint density at radius 2 is 1.81 bits per heavy atom. The van der Waals surface area contributed by atoms with Crippen molar-refractivity contribution in [1.82, 2.24) is 4.98 Å². The van der Waals surface area contributed by atoms with Crippen molar-refractivity contribution < 1.29 is 13.2 Å². The maximum absolute atomic E-state index is 12.6. The highest BCUT2D eigenvalue weighted by atomic mass is 19.4. The van der Waals surface area contributed by atoms with Crippen LogP contribution in [0.15, 0.2) is 12.1 Å². The molecule has 0 spiro atoms. The van der Waals surface area contributed by atoms with Crippen molar-refractivity contribution in [1.29, 1.82) is 0 Å². The Kier molecular flexibility index (Phi) is 2.15. The molecular weight excluding hydrogens is 217 g/mol. The second-order valence-electron chi connectivity index (χ2n) is 3.86. The molecule has 0 amide bonds. The topological polar surface area (TPSA) is 41.8 Å². The molecule has 2 nitrogen and oxygen atoms in total. The smallest absolute Gasteiger partial charge is 0.398 e. The molecule has 1 aromatic carbocycles. The average Bonchev–Trinajstić information content (AvgIpc) is 2.41. The molecule has 0 fully saturated rings. The van der Waals surface area contributed by atoms with Gasteiger partial charge in [0.25, 0.3) is 0 Å². The van der Waals surface area contributed by atoms with Crippen LogP contribution in [0, 0.1) is 13.8 Å². The fraction of sp³-hybridized carbons (Fsp3) is 0.273. The number of aromatic amines is 1. The van der Waals surface area contributed by atoms with Gasteiger partial charge in [0.05, 0.1) is 5.56 Å². The Labute approximate surface area is 90.3 Å². The van der Waals surface area contributed by atoms with Gasteiger partial charge in [-0.15, -0.1) is 0 Å². The van der Waals surface area contributed by atoms with E-state index in [-0.39, 0.29) is 5.69 Å². The van der Waals surface area contributed by atoms with E-state index in [1.165, 1.54) is 6.07 Å². The molecule has 1 aromatic heterocycles. The number of nitrogen functional groups attached to an aromatic ring is 1. The minimum atomic E-state index is -4.41. The van der Waals surface area contributed by atoms with E-state index in [2.05, 4.69) is 4.98 Å². The minimum absolute atomic E-state index is 0.234. The molecule has 86 valence electrons. The third-order valence-corrected chi connectivity index (χ3v) is 2.78. The molecule has 0 unspecified atom stereocenters. The third-order valence-electron chi connectivity index (χ3n) is 2.78. The van der Waals surface area contributed by atoms with Gasteiger partial charge in [-0.3, -0.25) is 0 Å². The summed E-state index contributed by atoms with van der Waals surface area (Å²) in [5.41, 5.74) is 6.64. The second-order valence-corrected chi connectivity index (χ2v) is 3.86. The Balaban J connectivity index is 2.78. The van der Waals surface area contributed by atoms with Crippen molar-refractivity contribution in [3.63, 3.8) is 0 Å². The lowest BCUT2D eigenvalue weighted by atomic mass is 10.1. The summed E-state index contributed by atoms with van der Waals surface area (Å²) in [5, 5.41) is 0.739. The second kappa shape index (κ2) is 3.17. The SMILES string of the molecule is Cc1[nH]c2cc(C(F)(F)F)c(N)cc2c1C. The molecule has 0 saturated heterocycles. The summed E-state index contributed by atoms with van der Waals surface area (Å²) in [6, 6.07) is 2.43. The first-order valence-corrected chi connectivity index (χ1v) is 4.76. The van der Waals surface area contributed by atoms with Crippen LogP contribution in [0.5, 0.6) is 0 Å². The van der Waals surface area contributed by atoms with Gasteiger partial charge in [-0.05, 0) is 31.5 Å². The Hall–Kier alpha value is -1.65. The quantitative estimate of drug-likeness (QED) is 0.667. The molecule has 3 N–H and O–H groups in total. The molecule has 0 bridgehead atoms. The van der Waals surface area contributed by atoms with E-state index in [1.54, 1.807) is 0 Å². The van der Waals surface area contributed by atoms with Crippen LogP contribution < -0.4 is 5.73 Å². The fourth-order valence-corrected chi connectivity index (χ4v) is 1.77. The van der Waals surface area contributed by atoms with Crippen LogP contribution in [0.3, 0.4) is 0 Å². The zero-order chi connectivity index (χ0) is 12.1. The van der Waals surface area contributed by atoms with Gasteiger partial charge in [0, 0.05) is 22.3 Å². The first kappa shape index (κ1) is 10.9. The van der Waals surface area contributed by atoms with Crippen molar-refractivity contribution in [2.45, 2.75) is 20.0 Å². The molecular formula is C11H11F3N2. The number of aryl methyl sites for hydroxylation is 2. The van der Waals surface area contributed by atoms with E-state index in [1.807, 2.05) is 13.8 Å². The lowest BCUT2D eigenvalue weighted by Crippen LogP contribution is -2.08. The Bertz CT molecular complexity index is 552. The van der Waals surface area contributed by atoms with Crippen LogP contribution in [0.2, 0.25) is 0 Å². The van der Waals surface area contributed by atoms with Crippen molar-refractivity contribution in [3.8, 4) is 0 Å². The zero-order valence-electron chi connectivity index (χ0n) is 8.87. The van der Waals surface area contributed by atoms with Gasteiger partial charge in [-0.25, -0.2) is 0 Å². The molecule has 5 heteroatoms. The minimum Gasteiger partial charge on any atom is -0.398 e. The lowest BCUT2D eigenvalue weighted by molar-refractivity contribution is -0.136. The van der Waals surface area contributed by atoms with Gasteiger partial charge in [-0.1, -0.05) is 0 Å². The predicted molar refractivity (Wildman–Crippen MR) is 57.2 cm³/mol. The molecule has 0 aliphatic heterocycles. The van der Waals surface area contributed by atoms with Crippen LogP contribution >= 0.6 is 0 Å². The summed E-state index contributed by atoms with van der Waals surface area (Å²) in [4.78, 5) is 2.91. The van der Waals surface area contributed by atoms with Gasteiger partial charge in [0.2, 0.25) is 0 Å². The fourth-order valence-electron chi connectivity index (χ4n) is 1.77. The van der Waals surface area contributed by atoms with Crippen LogP contribution in [0.25, 0.3) is 10.9 Å². The number of nitrogens with one attached hydrogen (secondary N) is 1. The number of alkyl halides is 3. The van der Waals surface area contributed by atoms with E-state index in [4.69, 9.17) is 5.73 Å². The number of aromatic nitrogens is 1. The van der Waals surface area contributed by atoms with E-state index in [0.29, 0.717) is 5.52 Å². The highest BCUT2D eigenvalue weighted by Crippen LogP contribution is 2.36. The standard InChI is InChI=1S/C11H11F3N2/c1-5-6(2)16-10-4-8(11(12,13)14)9(15)3-7(5)10/h3-4,16H,15H2,1-2H3. The first-order valence-electron chi connectivity index (χ1n) is 4.76. The zero-order valence-corrected chi connectivity index (χ0v) is 8.87. The van der Waals surface area contributed by atoms with Crippen LogP contribution in [0.4, 0.5) is 18.9 Å². The van der Waals surface area contributed by atoms with Crippen LogP contribution in [0.1, 0.15) is 16.8 Å². The van der Waals surface area contributed by atoms with E-state index in [0.717, 1.165) is 22.7 Å². The normalized spacial score (nSPS) is 12.3. The average molecular weight is 228 g/mol. The van der Waals surface area contributed by atoms with Crippen LogP contribution in [-0.2, 0) is 6.18 Å². The number of hydrogen-bond acceptors (Lipinski definition) is 1. The Morgan fingerprint density at radius 3 is 2.38 bits per heavy atom. The molecule has 0 saturated carbocycles. The van der Waals surface area contributed by atoms with Crippen molar-refractivity contribution in [2.75, 3.05) is 5.73 Å². The van der Waals surface area contributed by atoms with Crippen molar-refractivity contribution in [3.05, 3.63) is 29.0 Å². The van der Waals surface area contributed by atoms with Gasteiger partial charge < -0.3 is 10.7 Å². The van der Waals surface area contributed by atoms with Gasteiger partial charge in [0.1, 0.15) is 0 Å². The molecule has 0 aliphatic carbocycles. The molecule has 0 aliphatic rings. The van der Waals surface area contributed by atoms with E-state index >= 15 is 0 Å². The van der Waals surface area contributed by atoms with E-state index in [9.17, 15) is 13.2 Å². The third kappa shape index (κ3) is 1.52. The lowest BCUT2D eigenvalue weighted by Gasteiger charge is -2.09. The molecule has 16 heavy (non-hydrogen) atoms. The number of hydrogen-bond donors (Lipinski definition) is 2. The monoisotopic (exact) mass is 228 g/mol. The van der Waals surface area contributed by atoms with Gasteiger partial charge in [0.15, 0.2) is 0 Å².